The van der Waals surface area contributed by atoms with E-state index in [9.17, 15) is 4.79 Å². The number of aromatic nitrogens is 2. The molecular weight excluding hydrogens is 248 g/mol. The van der Waals surface area contributed by atoms with Gasteiger partial charge in [0.25, 0.3) is 0 Å². The Kier molecular flexibility index (Phi) is 2.90. The first-order valence-corrected chi connectivity index (χ1v) is 6.60. The maximum absolute atomic E-state index is 10.9. The fourth-order valence-corrected chi connectivity index (χ4v) is 2.59. The van der Waals surface area contributed by atoms with Gasteiger partial charge >= 0.3 is 0 Å². The lowest BCUT2D eigenvalue weighted by molar-refractivity contribution is 0.112. The first-order valence-electron chi connectivity index (χ1n) is 6.60. The van der Waals surface area contributed by atoms with Crippen molar-refractivity contribution < 1.29 is 4.79 Å². The van der Waals surface area contributed by atoms with Crippen molar-refractivity contribution in [2.75, 3.05) is 0 Å². The molecule has 0 unspecified atom stereocenters. The Morgan fingerprint density at radius 2 is 1.85 bits per heavy atom. The van der Waals surface area contributed by atoms with Crippen LogP contribution in [0, 0.1) is 20.8 Å². The molecule has 100 valence electrons. The normalized spacial score (nSPS) is 10.9. The molecule has 0 saturated heterocycles. The van der Waals surface area contributed by atoms with E-state index in [1.165, 1.54) is 11.1 Å². The highest BCUT2D eigenvalue weighted by Gasteiger charge is 2.09. The molecule has 1 aromatic carbocycles. The summed E-state index contributed by atoms with van der Waals surface area (Å²) < 4.78 is 1.92. The number of carbonyl (C=O) groups excluding carboxylic acids is 1. The molecule has 3 rings (SSSR count). The molecule has 0 aliphatic carbocycles. The van der Waals surface area contributed by atoms with Crippen molar-refractivity contribution in [3.05, 3.63) is 58.9 Å². The molecule has 20 heavy (non-hydrogen) atoms. The molecule has 2 aromatic heterocycles. The standard InChI is InChI=1S/C17H16N2O/c1-11-4-5-15(12(2)6-11)16-9-19-8-14(10-20)7-13(3)17(19)18-16/h4-10H,1-3H3. The monoisotopic (exact) mass is 264 g/mol. The van der Waals surface area contributed by atoms with Crippen molar-refractivity contribution in [3.63, 3.8) is 0 Å². The SMILES string of the molecule is Cc1ccc(-c2cn3cc(C=O)cc(C)c3n2)c(C)c1. The van der Waals surface area contributed by atoms with E-state index in [0.29, 0.717) is 5.56 Å². The number of fused-ring (bicyclic) bond motifs is 1. The number of nitrogens with zero attached hydrogens (tertiary/aromatic N) is 2. The maximum Gasteiger partial charge on any atom is 0.151 e. The quantitative estimate of drug-likeness (QED) is 0.661. The molecule has 0 bridgehead atoms. The smallest absolute Gasteiger partial charge is 0.151 e. The third-order valence-electron chi connectivity index (χ3n) is 3.55. The zero-order valence-electron chi connectivity index (χ0n) is 11.8. The van der Waals surface area contributed by atoms with E-state index in [1.807, 2.05) is 29.8 Å². The van der Waals surface area contributed by atoms with Crippen LogP contribution in [0.2, 0.25) is 0 Å². The van der Waals surface area contributed by atoms with E-state index in [2.05, 4.69) is 32.0 Å². The van der Waals surface area contributed by atoms with Gasteiger partial charge in [-0.05, 0) is 38.0 Å². The molecule has 0 spiro atoms. The lowest BCUT2D eigenvalue weighted by Gasteiger charge is -2.02. The van der Waals surface area contributed by atoms with Crippen LogP contribution in [0.3, 0.4) is 0 Å². The zero-order valence-corrected chi connectivity index (χ0v) is 11.8. The molecule has 0 fully saturated rings. The van der Waals surface area contributed by atoms with Crippen LogP contribution in [0.4, 0.5) is 0 Å². The second kappa shape index (κ2) is 4.60. The van der Waals surface area contributed by atoms with Gasteiger partial charge in [0.05, 0.1) is 5.69 Å². The largest absolute Gasteiger partial charge is 0.306 e. The lowest BCUT2D eigenvalue weighted by atomic mass is 10.0. The maximum atomic E-state index is 10.9. The van der Waals surface area contributed by atoms with Crippen molar-refractivity contribution in [2.24, 2.45) is 0 Å². The van der Waals surface area contributed by atoms with E-state index < -0.39 is 0 Å². The number of pyridine rings is 1. The Balaban J connectivity index is 2.22. The van der Waals surface area contributed by atoms with Gasteiger partial charge in [0, 0.05) is 23.5 Å². The molecule has 0 aliphatic rings. The highest BCUT2D eigenvalue weighted by Crippen LogP contribution is 2.25. The zero-order chi connectivity index (χ0) is 14.3. The van der Waals surface area contributed by atoms with Crippen LogP contribution < -0.4 is 0 Å². The van der Waals surface area contributed by atoms with Gasteiger partial charge in [0.2, 0.25) is 0 Å². The molecule has 0 atom stereocenters. The molecule has 0 amide bonds. The topological polar surface area (TPSA) is 34.4 Å². The molecule has 0 N–H and O–H groups in total. The van der Waals surface area contributed by atoms with Crippen molar-refractivity contribution in [1.82, 2.24) is 9.38 Å². The summed E-state index contributed by atoms with van der Waals surface area (Å²) >= 11 is 0. The van der Waals surface area contributed by atoms with Crippen molar-refractivity contribution in [3.8, 4) is 11.3 Å². The molecule has 0 radical (unpaired) electrons. The van der Waals surface area contributed by atoms with Crippen LogP contribution in [0.25, 0.3) is 16.9 Å². The number of hydrogen-bond acceptors (Lipinski definition) is 2. The number of rotatable bonds is 2. The minimum absolute atomic E-state index is 0.666. The molecule has 3 nitrogen and oxygen atoms in total. The summed E-state index contributed by atoms with van der Waals surface area (Å²) in [5.74, 6) is 0. The summed E-state index contributed by atoms with van der Waals surface area (Å²) in [7, 11) is 0. The first-order chi connectivity index (χ1) is 9.58. The molecule has 0 saturated carbocycles. The summed E-state index contributed by atoms with van der Waals surface area (Å²) in [5.41, 5.74) is 7.09. The van der Waals surface area contributed by atoms with Gasteiger partial charge in [-0.25, -0.2) is 4.98 Å². The van der Waals surface area contributed by atoms with Crippen molar-refractivity contribution >= 4 is 11.9 Å². The van der Waals surface area contributed by atoms with E-state index in [0.717, 1.165) is 28.8 Å². The fourth-order valence-electron chi connectivity index (χ4n) is 2.59. The average Bonchev–Trinajstić information content (AvgIpc) is 2.82. The number of aldehydes is 1. The van der Waals surface area contributed by atoms with Gasteiger partial charge in [0.15, 0.2) is 6.29 Å². The predicted molar refractivity (Wildman–Crippen MR) is 80.2 cm³/mol. The minimum atomic E-state index is 0.666. The molecule has 3 heteroatoms. The number of benzene rings is 1. The predicted octanol–water partition coefficient (Wildman–Crippen LogP) is 3.74. The summed E-state index contributed by atoms with van der Waals surface area (Å²) in [6, 6.07) is 8.21. The molecule has 2 heterocycles. The Labute approximate surface area is 117 Å². The first kappa shape index (κ1) is 12.6. The van der Waals surface area contributed by atoms with Crippen LogP contribution in [0.5, 0.6) is 0 Å². The summed E-state index contributed by atoms with van der Waals surface area (Å²) in [5, 5.41) is 0. The minimum Gasteiger partial charge on any atom is -0.306 e. The Hall–Kier alpha value is -2.42. The van der Waals surface area contributed by atoms with Crippen molar-refractivity contribution in [2.45, 2.75) is 20.8 Å². The highest BCUT2D eigenvalue weighted by atomic mass is 16.1. The van der Waals surface area contributed by atoms with Gasteiger partial charge in [-0.2, -0.15) is 0 Å². The third kappa shape index (κ3) is 2.01. The van der Waals surface area contributed by atoms with E-state index in [-0.39, 0.29) is 0 Å². The van der Waals surface area contributed by atoms with Crippen LogP contribution in [0.1, 0.15) is 27.0 Å². The van der Waals surface area contributed by atoms with Gasteiger partial charge in [-0.1, -0.05) is 23.8 Å². The number of hydrogen-bond donors (Lipinski definition) is 0. The molecule has 3 aromatic rings. The Morgan fingerprint density at radius 3 is 2.55 bits per heavy atom. The average molecular weight is 264 g/mol. The second-order valence-electron chi connectivity index (χ2n) is 5.25. The number of imidazole rings is 1. The van der Waals surface area contributed by atoms with Gasteiger partial charge in [-0.3, -0.25) is 4.79 Å². The molecular formula is C17H16N2O. The summed E-state index contributed by atoms with van der Waals surface area (Å²) in [6.07, 6.45) is 4.66. The Bertz CT molecular complexity index is 815. The highest BCUT2D eigenvalue weighted by molar-refractivity contribution is 5.77. The van der Waals surface area contributed by atoms with E-state index >= 15 is 0 Å². The van der Waals surface area contributed by atoms with Gasteiger partial charge in [0.1, 0.15) is 5.65 Å². The van der Waals surface area contributed by atoms with Gasteiger partial charge in [-0.15, -0.1) is 0 Å². The number of aryl methyl sites for hydroxylation is 3. The van der Waals surface area contributed by atoms with Crippen LogP contribution >= 0.6 is 0 Å². The number of carbonyl (C=O) groups is 1. The molecule has 0 aliphatic heterocycles. The van der Waals surface area contributed by atoms with Crippen molar-refractivity contribution in [1.29, 1.82) is 0 Å². The van der Waals surface area contributed by atoms with E-state index in [4.69, 9.17) is 4.98 Å². The third-order valence-corrected chi connectivity index (χ3v) is 3.55. The fraction of sp³-hybridized carbons (Fsp3) is 0.176. The van der Waals surface area contributed by atoms with E-state index in [1.54, 1.807) is 0 Å². The van der Waals surface area contributed by atoms with Crippen LogP contribution in [-0.2, 0) is 0 Å². The van der Waals surface area contributed by atoms with Crippen LogP contribution in [0.15, 0.2) is 36.7 Å². The summed E-state index contributed by atoms with van der Waals surface area (Å²) in [4.78, 5) is 15.6. The lowest BCUT2D eigenvalue weighted by Crippen LogP contribution is -1.91. The summed E-state index contributed by atoms with van der Waals surface area (Å²) in [6.45, 7) is 6.15. The second-order valence-corrected chi connectivity index (χ2v) is 5.25. The van der Waals surface area contributed by atoms with Crippen LogP contribution in [-0.4, -0.2) is 15.7 Å². The van der Waals surface area contributed by atoms with Gasteiger partial charge < -0.3 is 4.40 Å². The Morgan fingerprint density at radius 1 is 1.05 bits per heavy atom.